The Bertz CT molecular complexity index is 1850. The van der Waals surface area contributed by atoms with E-state index in [0.29, 0.717) is 47.7 Å². The number of amides is 1. The summed E-state index contributed by atoms with van der Waals surface area (Å²) in [5, 5.41) is 5.42. The number of halogens is 3. The van der Waals surface area contributed by atoms with Crippen molar-refractivity contribution in [2.75, 3.05) is 14.2 Å². The molecule has 0 bridgehead atoms. The first-order valence-corrected chi connectivity index (χ1v) is 14.4. The van der Waals surface area contributed by atoms with Crippen LogP contribution in [0.4, 0.5) is 0 Å². The molecule has 0 aliphatic carbocycles. The van der Waals surface area contributed by atoms with E-state index in [1.54, 1.807) is 55.6 Å². The zero-order valence-electron chi connectivity index (χ0n) is 22.2. The molecule has 5 aromatic rings. The van der Waals surface area contributed by atoms with Gasteiger partial charge in [-0.3, -0.25) is 4.79 Å². The number of hydrogen-bond donors (Lipinski definition) is 2. The lowest BCUT2D eigenvalue weighted by Gasteiger charge is -2.11. The predicted molar refractivity (Wildman–Crippen MR) is 170 cm³/mol. The molecule has 8 nitrogen and oxygen atoms in total. The lowest BCUT2D eigenvalue weighted by molar-refractivity contribution is 0.0732. The summed E-state index contributed by atoms with van der Waals surface area (Å²) in [6.45, 7) is 0. The Morgan fingerprint density at radius 1 is 0.929 bits per heavy atom. The topological polar surface area (TPSA) is 102 Å². The van der Waals surface area contributed by atoms with Crippen molar-refractivity contribution in [3.8, 4) is 28.4 Å². The van der Waals surface area contributed by atoms with Crippen molar-refractivity contribution in [2.45, 2.75) is 0 Å². The SMILES string of the molecule is COc1cccc(C(=O)Oc2c(Br)cc(Br)cc2C=NNC(=O)c2[nH]c3ccc(OC)cc3c2-c2ccccc2Cl)c1. The van der Waals surface area contributed by atoms with Gasteiger partial charge in [-0.25, -0.2) is 10.2 Å². The lowest BCUT2D eigenvalue weighted by Crippen LogP contribution is -2.19. The molecule has 0 spiro atoms. The number of hydrazone groups is 1. The Morgan fingerprint density at radius 2 is 1.69 bits per heavy atom. The summed E-state index contributed by atoms with van der Waals surface area (Å²) in [6, 6.07) is 22.8. The average Bonchev–Trinajstić information content (AvgIpc) is 3.37. The number of nitrogens with zero attached hydrogens (tertiary/aromatic N) is 1. The van der Waals surface area contributed by atoms with Crippen LogP contribution < -0.4 is 19.6 Å². The van der Waals surface area contributed by atoms with Gasteiger partial charge < -0.3 is 19.2 Å². The fraction of sp³-hybridized carbons (Fsp3) is 0.0645. The number of fused-ring (bicyclic) bond motifs is 1. The smallest absolute Gasteiger partial charge is 0.343 e. The summed E-state index contributed by atoms with van der Waals surface area (Å²) in [7, 11) is 3.09. The van der Waals surface area contributed by atoms with E-state index in [4.69, 9.17) is 25.8 Å². The van der Waals surface area contributed by atoms with E-state index in [-0.39, 0.29) is 11.4 Å². The molecule has 1 aromatic heterocycles. The Morgan fingerprint density at radius 3 is 2.45 bits per heavy atom. The number of hydrogen-bond acceptors (Lipinski definition) is 6. The molecule has 5 rings (SSSR count). The van der Waals surface area contributed by atoms with E-state index in [2.05, 4.69) is 47.4 Å². The molecule has 1 amide bonds. The summed E-state index contributed by atoms with van der Waals surface area (Å²) in [6.07, 6.45) is 1.39. The molecule has 4 aromatic carbocycles. The summed E-state index contributed by atoms with van der Waals surface area (Å²) in [5.74, 6) is 0.290. The number of methoxy groups -OCH3 is 2. The van der Waals surface area contributed by atoms with Gasteiger partial charge in [0.2, 0.25) is 0 Å². The molecule has 42 heavy (non-hydrogen) atoms. The van der Waals surface area contributed by atoms with E-state index in [1.165, 1.54) is 13.3 Å². The highest BCUT2D eigenvalue weighted by atomic mass is 79.9. The number of nitrogens with one attached hydrogen (secondary N) is 2. The fourth-order valence-corrected chi connectivity index (χ4v) is 5.88. The van der Waals surface area contributed by atoms with Gasteiger partial charge in [-0.15, -0.1) is 0 Å². The van der Waals surface area contributed by atoms with Gasteiger partial charge in [0.05, 0.1) is 30.5 Å². The first-order valence-electron chi connectivity index (χ1n) is 12.4. The van der Waals surface area contributed by atoms with Gasteiger partial charge in [-0.2, -0.15) is 5.10 Å². The van der Waals surface area contributed by atoms with Gasteiger partial charge in [0.25, 0.3) is 5.91 Å². The number of aromatic nitrogens is 1. The molecule has 0 radical (unpaired) electrons. The number of benzene rings is 4. The molecule has 1 heterocycles. The molecule has 212 valence electrons. The molecule has 2 N–H and O–H groups in total. The molecule has 0 aliphatic heterocycles. The zero-order chi connectivity index (χ0) is 29.8. The van der Waals surface area contributed by atoms with Crippen LogP contribution in [0.1, 0.15) is 26.4 Å². The van der Waals surface area contributed by atoms with Crippen molar-refractivity contribution in [3.63, 3.8) is 0 Å². The third kappa shape index (κ3) is 6.20. The third-order valence-electron chi connectivity index (χ3n) is 6.28. The summed E-state index contributed by atoms with van der Waals surface area (Å²) >= 11 is 13.4. The van der Waals surface area contributed by atoms with E-state index >= 15 is 0 Å². The number of rotatable bonds is 8. The van der Waals surface area contributed by atoms with Gasteiger partial charge in [-0.1, -0.05) is 51.8 Å². The van der Waals surface area contributed by atoms with E-state index in [1.807, 2.05) is 30.3 Å². The highest BCUT2D eigenvalue weighted by Gasteiger charge is 2.22. The Labute approximate surface area is 262 Å². The Kier molecular flexibility index (Phi) is 8.96. The van der Waals surface area contributed by atoms with Gasteiger partial charge in [0, 0.05) is 37.1 Å². The van der Waals surface area contributed by atoms with Crippen molar-refractivity contribution in [1.82, 2.24) is 10.4 Å². The van der Waals surface area contributed by atoms with Crippen LogP contribution in [0.5, 0.6) is 17.2 Å². The minimum Gasteiger partial charge on any atom is -0.497 e. The number of aromatic amines is 1. The van der Waals surface area contributed by atoms with Crippen molar-refractivity contribution in [3.05, 3.63) is 110 Å². The second kappa shape index (κ2) is 12.8. The van der Waals surface area contributed by atoms with Gasteiger partial charge >= 0.3 is 5.97 Å². The average molecular weight is 712 g/mol. The number of carbonyl (C=O) groups is 2. The van der Waals surface area contributed by atoms with Crippen molar-refractivity contribution < 1.29 is 23.8 Å². The van der Waals surface area contributed by atoms with Gasteiger partial charge in [0.15, 0.2) is 5.75 Å². The van der Waals surface area contributed by atoms with Crippen molar-refractivity contribution in [2.24, 2.45) is 5.10 Å². The van der Waals surface area contributed by atoms with Crippen LogP contribution in [0.2, 0.25) is 5.02 Å². The second-order valence-corrected chi connectivity index (χ2v) is 11.1. The third-order valence-corrected chi connectivity index (χ3v) is 7.66. The predicted octanol–water partition coefficient (Wildman–Crippen LogP) is 8.01. The molecule has 0 unspecified atom stereocenters. The monoisotopic (exact) mass is 709 g/mol. The van der Waals surface area contributed by atoms with E-state index < -0.39 is 11.9 Å². The number of ether oxygens (including phenoxy) is 3. The number of esters is 1. The maximum Gasteiger partial charge on any atom is 0.343 e. The van der Waals surface area contributed by atoms with E-state index in [9.17, 15) is 9.59 Å². The minimum atomic E-state index is -0.589. The summed E-state index contributed by atoms with van der Waals surface area (Å²) < 4.78 is 17.5. The fourth-order valence-electron chi connectivity index (χ4n) is 4.31. The molecule has 0 atom stereocenters. The molecule has 11 heteroatoms. The summed E-state index contributed by atoms with van der Waals surface area (Å²) in [4.78, 5) is 29.6. The molecule has 0 saturated carbocycles. The quantitative estimate of drug-likeness (QED) is 0.0735. The second-order valence-electron chi connectivity index (χ2n) is 8.89. The van der Waals surface area contributed by atoms with Crippen molar-refractivity contribution in [1.29, 1.82) is 0 Å². The standard InChI is InChI=1S/C31H22Br2ClN3O5/c1-40-20-7-5-6-17(13-20)31(39)42-29-18(12-19(32)14-24(29)33)16-35-37-30(38)28-27(22-8-3-4-9-25(22)34)23-15-21(41-2)10-11-26(23)36-28/h3-16,36H,1-2H3,(H,37,38). The molecular formula is C31H22Br2ClN3O5. The Balaban J connectivity index is 1.46. The minimum absolute atomic E-state index is 0.221. The van der Waals surface area contributed by atoms with Crippen molar-refractivity contribution >= 4 is 72.5 Å². The maximum absolute atomic E-state index is 13.5. The van der Waals surface area contributed by atoms with Crippen LogP contribution in [-0.2, 0) is 0 Å². The van der Waals surface area contributed by atoms with Gasteiger partial charge in [-0.05, 0) is 70.5 Å². The van der Waals surface area contributed by atoms with Crippen LogP contribution in [-0.4, -0.2) is 37.3 Å². The maximum atomic E-state index is 13.5. The molecular weight excluding hydrogens is 690 g/mol. The molecule has 0 saturated heterocycles. The largest absolute Gasteiger partial charge is 0.497 e. The zero-order valence-corrected chi connectivity index (χ0v) is 26.1. The van der Waals surface area contributed by atoms with Crippen LogP contribution in [0, 0.1) is 0 Å². The first kappa shape index (κ1) is 29.4. The molecule has 0 aliphatic rings. The van der Waals surface area contributed by atoms with E-state index in [0.717, 1.165) is 10.9 Å². The van der Waals surface area contributed by atoms with Crippen LogP contribution >= 0.6 is 43.5 Å². The number of H-pyrrole nitrogens is 1. The highest BCUT2D eigenvalue weighted by Crippen LogP contribution is 2.38. The first-order chi connectivity index (χ1) is 20.3. The van der Waals surface area contributed by atoms with Crippen LogP contribution in [0.3, 0.4) is 0 Å². The lowest BCUT2D eigenvalue weighted by atomic mass is 10.0. The summed E-state index contributed by atoms with van der Waals surface area (Å²) in [5.41, 5.74) is 5.59. The normalized spacial score (nSPS) is 11.1. The highest BCUT2D eigenvalue weighted by molar-refractivity contribution is 9.11. The van der Waals surface area contributed by atoms with Crippen LogP contribution in [0.15, 0.2) is 92.9 Å². The van der Waals surface area contributed by atoms with Gasteiger partial charge in [0.1, 0.15) is 17.2 Å². The molecule has 0 fully saturated rings. The Hall–Kier alpha value is -4.12. The number of carbonyl (C=O) groups excluding carboxylic acids is 2. The van der Waals surface area contributed by atoms with Crippen LogP contribution in [0.25, 0.3) is 22.0 Å².